The summed E-state index contributed by atoms with van der Waals surface area (Å²) in [6.07, 6.45) is 0. The van der Waals surface area contributed by atoms with E-state index in [9.17, 15) is 0 Å². The highest BCUT2D eigenvalue weighted by atomic mass is 35.5. The van der Waals surface area contributed by atoms with Gasteiger partial charge in [-0.05, 0) is 17.5 Å². The van der Waals surface area contributed by atoms with Gasteiger partial charge in [0.2, 0.25) is 0 Å². The van der Waals surface area contributed by atoms with E-state index in [0.29, 0.717) is 10.7 Å². The Hall–Kier alpha value is -0.600. The Morgan fingerprint density at radius 2 is 2.27 bits per heavy atom. The molecule has 0 unspecified atom stereocenters. The average molecular weight is 186 g/mol. The maximum Gasteiger partial charge on any atom is 0.0566 e. The number of halogens is 1. The van der Waals surface area contributed by atoms with Crippen LogP contribution in [0.2, 0.25) is 5.02 Å². The van der Waals surface area contributed by atoms with Gasteiger partial charge < -0.3 is 5.73 Å². The quantitative estimate of drug-likeness (QED) is 0.566. The summed E-state index contributed by atoms with van der Waals surface area (Å²) >= 11 is 7.30. The first-order chi connectivity index (χ1) is 5.25. The Bertz CT molecular complexity index is 253. The fourth-order valence-corrected chi connectivity index (χ4v) is 1.60. The first-order valence-corrected chi connectivity index (χ1v) is 4.33. The second kappa shape index (κ2) is 3.69. The SMILES string of the molecule is C=CSc1c(N)cccc1Cl. The highest BCUT2D eigenvalue weighted by molar-refractivity contribution is 8.02. The summed E-state index contributed by atoms with van der Waals surface area (Å²) in [5.74, 6) is 0. The van der Waals surface area contributed by atoms with Gasteiger partial charge in [0.05, 0.1) is 9.92 Å². The predicted molar refractivity (Wildman–Crippen MR) is 51.9 cm³/mol. The Balaban J connectivity index is 3.09. The third kappa shape index (κ3) is 1.91. The number of hydrogen-bond donors (Lipinski definition) is 1. The summed E-state index contributed by atoms with van der Waals surface area (Å²) in [5, 5.41) is 2.38. The molecule has 0 atom stereocenters. The van der Waals surface area contributed by atoms with Crippen LogP contribution in [0.4, 0.5) is 5.69 Å². The second-order valence-electron chi connectivity index (χ2n) is 1.94. The van der Waals surface area contributed by atoms with E-state index >= 15 is 0 Å². The van der Waals surface area contributed by atoms with Crippen LogP contribution in [0.25, 0.3) is 0 Å². The molecule has 58 valence electrons. The minimum atomic E-state index is 0.676. The summed E-state index contributed by atoms with van der Waals surface area (Å²) in [5.41, 5.74) is 6.35. The van der Waals surface area contributed by atoms with Crippen molar-refractivity contribution in [2.45, 2.75) is 4.90 Å². The van der Waals surface area contributed by atoms with Crippen molar-refractivity contribution in [3.8, 4) is 0 Å². The lowest BCUT2D eigenvalue weighted by Gasteiger charge is -2.02. The molecule has 1 nitrogen and oxygen atoms in total. The Morgan fingerprint density at radius 3 is 2.82 bits per heavy atom. The van der Waals surface area contributed by atoms with Crippen LogP contribution >= 0.6 is 23.4 Å². The van der Waals surface area contributed by atoms with E-state index in [0.717, 1.165) is 4.90 Å². The molecular formula is C8H8ClNS. The molecule has 0 saturated heterocycles. The molecular weight excluding hydrogens is 178 g/mol. The van der Waals surface area contributed by atoms with Crippen LogP contribution in [-0.4, -0.2) is 0 Å². The fourth-order valence-electron chi connectivity index (χ4n) is 0.733. The molecule has 0 aliphatic rings. The molecule has 1 aromatic rings. The molecule has 0 saturated carbocycles. The molecule has 0 bridgehead atoms. The number of thioether (sulfide) groups is 1. The third-order valence-corrected chi connectivity index (χ3v) is 2.48. The molecule has 11 heavy (non-hydrogen) atoms. The van der Waals surface area contributed by atoms with Crippen LogP contribution in [-0.2, 0) is 0 Å². The molecule has 0 spiro atoms. The number of nitrogen functional groups attached to an aromatic ring is 1. The molecule has 0 fully saturated rings. The molecule has 0 aliphatic carbocycles. The first kappa shape index (κ1) is 8.50. The molecule has 0 aromatic heterocycles. The number of benzene rings is 1. The highest BCUT2D eigenvalue weighted by Gasteiger charge is 2.01. The van der Waals surface area contributed by atoms with Gasteiger partial charge in [-0.3, -0.25) is 0 Å². The van der Waals surface area contributed by atoms with Gasteiger partial charge in [-0.15, -0.1) is 0 Å². The number of nitrogens with two attached hydrogens (primary N) is 1. The fraction of sp³-hybridized carbons (Fsp3) is 0. The van der Waals surface area contributed by atoms with Crippen molar-refractivity contribution in [1.29, 1.82) is 0 Å². The topological polar surface area (TPSA) is 26.0 Å². The van der Waals surface area contributed by atoms with E-state index in [2.05, 4.69) is 6.58 Å². The van der Waals surface area contributed by atoms with Crippen LogP contribution in [0.3, 0.4) is 0 Å². The van der Waals surface area contributed by atoms with Gasteiger partial charge >= 0.3 is 0 Å². The van der Waals surface area contributed by atoms with Crippen molar-refractivity contribution in [2.75, 3.05) is 5.73 Å². The highest BCUT2D eigenvalue weighted by Crippen LogP contribution is 2.32. The monoisotopic (exact) mass is 185 g/mol. The molecule has 0 amide bonds. The van der Waals surface area contributed by atoms with Gasteiger partial charge in [0.15, 0.2) is 0 Å². The van der Waals surface area contributed by atoms with Crippen LogP contribution < -0.4 is 5.73 Å². The van der Waals surface area contributed by atoms with Crippen molar-refractivity contribution in [3.05, 3.63) is 35.2 Å². The molecule has 0 heterocycles. The van der Waals surface area contributed by atoms with Gasteiger partial charge in [0.1, 0.15) is 0 Å². The molecule has 0 aliphatic heterocycles. The lowest BCUT2D eigenvalue weighted by molar-refractivity contribution is 1.47. The predicted octanol–water partition coefficient (Wildman–Crippen LogP) is 3.16. The van der Waals surface area contributed by atoms with E-state index in [-0.39, 0.29) is 0 Å². The van der Waals surface area contributed by atoms with Crippen LogP contribution in [0.1, 0.15) is 0 Å². The van der Waals surface area contributed by atoms with Crippen LogP contribution in [0.5, 0.6) is 0 Å². The standard InChI is InChI=1S/C8H8ClNS/c1-2-11-8-6(9)4-3-5-7(8)10/h2-5H,1,10H2. The largest absolute Gasteiger partial charge is 0.398 e. The minimum Gasteiger partial charge on any atom is -0.398 e. The third-order valence-electron chi connectivity index (χ3n) is 1.20. The summed E-state index contributed by atoms with van der Waals surface area (Å²) in [6, 6.07) is 5.45. The number of anilines is 1. The first-order valence-electron chi connectivity index (χ1n) is 3.07. The smallest absolute Gasteiger partial charge is 0.0566 e. The van der Waals surface area contributed by atoms with Crippen molar-refractivity contribution >= 4 is 29.1 Å². The molecule has 1 aromatic carbocycles. The van der Waals surface area contributed by atoms with Gasteiger partial charge in [-0.1, -0.05) is 36.0 Å². The van der Waals surface area contributed by atoms with E-state index in [1.807, 2.05) is 18.2 Å². The number of hydrogen-bond acceptors (Lipinski definition) is 2. The summed E-state index contributed by atoms with van der Waals surface area (Å²) < 4.78 is 0. The normalized spacial score (nSPS) is 9.55. The van der Waals surface area contributed by atoms with E-state index in [4.69, 9.17) is 17.3 Å². The molecule has 0 radical (unpaired) electrons. The Kier molecular flexibility index (Phi) is 2.85. The summed E-state index contributed by atoms with van der Waals surface area (Å²) in [7, 11) is 0. The van der Waals surface area contributed by atoms with Gasteiger partial charge in [-0.25, -0.2) is 0 Å². The van der Waals surface area contributed by atoms with Gasteiger partial charge in [-0.2, -0.15) is 0 Å². The maximum absolute atomic E-state index is 5.86. The summed E-state index contributed by atoms with van der Waals surface area (Å²) in [4.78, 5) is 0.879. The van der Waals surface area contributed by atoms with E-state index < -0.39 is 0 Å². The van der Waals surface area contributed by atoms with Crippen molar-refractivity contribution < 1.29 is 0 Å². The van der Waals surface area contributed by atoms with Crippen molar-refractivity contribution in [1.82, 2.24) is 0 Å². The zero-order valence-corrected chi connectivity index (χ0v) is 7.45. The van der Waals surface area contributed by atoms with Crippen LogP contribution in [0, 0.1) is 0 Å². The van der Waals surface area contributed by atoms with E-state index in [1.54, 1.807) is 5.41 Å². The molecule has 2 N–H and O–H groups in total. The number of rotatable bonds is 2. The zero-order chi connectivity index (χ0) is 8.27. The summed E-state index contributed by atoms with van der Waals surface area (Å²) in [6.45, 7) is 3.59. The lowest BCUT2D eigenvalue weighted by atomic mass is 10.3. The maximum atomic E-state index is 5.86. The van der Waals surface area contributed by atoms with Crippen LogP contribution in [0.15, 0.2) is 35.1 Å². The Morgan fingerprint density at radius 1 is 1.55 bits per heavy atom. The molecule has 1 rings (SSSR count). The van der Waals surface area contributed by atoms with E-state index in [1.165, 1.54) is 11.8 Å². The zero-order valence-electron chi connectivity index (χ0n) is 5.88. The van der Waals surface area contributed by atoms with Gasteiger partial charge in [0.25, 0.3) is 0 Å². The lowest BCUT2D eigenvalue weighted by Crippen LogP contribution is -1.87. The molecule has 3 heteroatoms. The van der Waals surface area contributed by atoms with Crippen molar-refractivity contribution in [2.24, 2.45) is 0 Å². The second-order valence-corrected chi connectivity index (χ2v) is 3.33. The minimum absolute atomic E-state index is 0.676. The van der Waals surface area contributed by atoms with Crippen molar-refractivity contribution in [3.63, 3.8) is 0 Å². The van der Waals surface area contributed by atoms with Gasteiger partial charge in [0, 0.05) is 5.69 Å². The average Bonchev–Trinajstić information content (AvgIpc) is 1.97. The Labute approximate surface area is 75.2 Å².